The molecular formula is C15H17ClN2OS. The van der Waals surface area contributed by atoms with E-state index in [1.807, 2.05) is 24.3 Å². The molecule has 20 heavy (non-hydrogen) atoms. The number of halogens is 1. The van der Waals surface area contributed by atoms with Crippen LogP contribution >= 0.6 is 23.4 Å². The first kappa shape index (κ1) is 15.3. The standard InChI is InChI=1S/C15H17ClN2OS/c1-19-9-8-18-11-12-2-3-13(16)10-15(12)20-14-4-6-17-7-5-14/h2-7,10,18H,8-9,11H2,1H3. The quantitative estimate of drug-likeness (QED) is 0.792. The van der Waals surface area contributed by atoms with E-state index < -0.39 is 0 Å². The van der Waals surface area contributed by atoms with Crippen LogP contribution in [0, 0.1) is 0 Å². The van der Waals surface area contributed by atoms with Gasteiger partial charge in [-0.05, 0) is 29.8 Å². The van der Waals surface area contributed by atoms with Gasteiger partial charge in [-0.3, -0.25) is 4.98 Å². The van der Waals surface area contributed by atoms with E-state index in [2.05, 4.69) is 16.4 Å². The van der Waals surface area contributed by atoms with Crippen LogP contribution in [-0.4, -0.2) is 25.2 Å². The number of pyridine rings is 1. The van der Waals surface area contributed by atoms with E-state index in [4.69, 9.17) is 16.3 Å². The summed E-state index contributed by atoms with van der Waals surface area (Å²) in [6, 6.07) is 9.97. The van der Waals surface area contributed by atoms with Crippen molar-refractivity contribution in [2.45, 2.75) is 16.3 Å². The monoisotopic (exact) mass is 308 g/mol. The lowest BCUT2D eigenvalue weighted by Crippen LogP contribution is -2.18. The molecule has 1 heterocycles. The number of methoxy groups -OCH3 is 1. The smallest absolute Gasteiger partial charge is 0.0587 e. The summed E-state index contributed by atoms with van der Waals surface area (Å²) in [5.74, 6) is 0. The van der Waals surface area contributed by atoms with Crippen molar-refractivity contribution in [2.75, 3.05) is 20.3 Å². The Labute approximate surface area is 128 Å². The molecule has 0 unspecified atom stereocenters. The van der Waals surface area contributed by atoms with Crippen LogP contribution in [0.5, 0.6) is 0 Å². The van der Waals surface area contributed by atoms with Gasteiger partial charge in [-0.15, -0.1) is 0 Å². The number of aromatic nitrogens is 1. The van der Waals surface area contributed by atoms with Crippen molar-refractivity contribution in [3.8, 4) is 0 Å². The topological polar surface area (TPSA) is 34.1 Å². The Morgan fingerprint density at radius 2 is 2.05 bits per heavy atom. The lowest BCUT2D eigenvalue weighted by molar-refractivity contribution is 0.199. The molecule has 0 bridgehead atoms. The van der Waals surface area contributed by atoms with Crippen molar-refractivity contribution in [1.82, 2.24) is 10.3 Å². The molecule has 0 amide bonds. The number of benzene rings is 1. The molecule has 0 spiro atoms. The molecule has 0 atom stereocenters. The van der Waals surface area contributed by atoms with E-state index in [-0.39, 0.29) is 0 Å². The number of hydrogen-bond donors (Lipinski definition) is 1. The van der Waals surface area contributed by atoms with E-state index in [0.717, 1.165) is 27.9 Å². The van der Waals surface area contributed by atoms with Gasteiger partial charge in [0, 0.05) is 47.4 Å². The fraction of sp³-hybridized carbons (Fsp3) is 0.267. The minimum Gasteiger partial charge on any atom is -0.383 e. The van der Waals surface area contributed by atoms with Crippen LogP contribution in [0.2, 0.25) is 5.02 Å². The molecule has 0 aliphatic rings. The van der Waals surface area contributed by atoms with Gasteiger partial charge in [0.05, 0.1) is 6.61 Å². The van der Waals surface area contributed by atoms with Crippen molar-refractivity contribution in [2.24, 2.45) is 0 Å². The first-order valence-corrected chi connectivity index (χ1v) is 7.55. The minimum atomic E-state index is 0.709. The molecule has 2 rings (SSSR count). The third kappa shape index (κ3) is 4.80. The predicted octanol–water partition coefficient (Wildman–Crippen LogP) is 3.62. The molecule has 0 fully saturated rings. The Hall–Kier alpha value is -1.07. The fourth-order valence-electron chi connectivity index (χ4n) is 1.70. The molecule has 0 saturated heterocycles. The van der Waals surface area contributed by atoms with Gasteiger partial charge in [0.1, 0.15) is 0 Å². The molecule has 1 N–H and O–H groups in total. The Bertz CT molecular complexity index is 537. The van der Waals surface area contributed by atoms with Crippen LogP contribution < -0.4 is 5.32 Å². The first-order chi connectivity index (χ1) is 9.79. The molecule has 2 aromatic rings. The van der Waals surface area contributed by atoms with E-state index in [1.54, 1.807) is 31.3 Å². The van der Waals surface area contributed by atoms with Gasteiger partial charge in [-0.2, -0.15) is 0 Å². The van der Waals surface area contributed by atoms with Gasteiger partial charge in [0.15, 0.2) is 0 Å². The van der Waals surface area contributed by atoms with E-state index in [1.165, 1.54) is 5.56 Å². The highest BCUT2D eigenvalue weighted by Crippen LogP contribution is 2.32. The van der Waals surface area contributed by atoms with E-state index in [0.29, 0.717) is 6.61 Å². The van der Waals surface area contributed by atoms with Crippen LogP contribution in [0.4, 0.5) is 0 Å². The Morgan fingerprint density at radius 1 is 1.25 bits per heavy atom. The Balaban J connectivity index is 2.07. The summed E-state index contributed by atoms with van der Waals surface area (Å²) in [6.07, 6.45) is 3.59. The van der Waals surface area contributed by atoms with Gasteiger partial charge >= 0.3 is 0 Å². The molecule has 106 valence electrons. The molecular weight excluding hydrogens is 292 g/mol. The van der Waals surface area contributed by atoms with Gasteiger partial charge in [0.25, 0.3) is 0 Å². The van der Waals surface area contributed by atoms with Crippen LogP contribution in [0.3, 0.4) is 0 Å². The van der Waals surface area contributed by atoms with Gasteiger partial charge in [-0.25, -0.2) is 0 Å². The summed E-state index contributed by atoms with van der Waals surface area (Å²) < 4.78 is 5.03. The predicted molar refractivity (Wildman–Crippen MR) is 83.4 cm³/mol. The summed E-state index contributed by atoms with van der Waals surface area (Å²) in [4.78, 5) is 6.35. The first-order valence-electron chi connectivity index (χ1n) is 6.35. The second kappa shape index (κ2) is 8.27. The summed E-state index contributed by atoms with van der Waals surface area (Å²) >= 11 is 7.80. The number of nitrogens with zero attached hydrogens (tertiary/aromatic N) is 1. The van der Waals surface area contributed by atoms with Crippen LogP contribution in [0.1, 0.15) is 5.56 Å². The summed E-state index contributed by atoms with van der Waals surface area (Å²) in [5.41, 5.74) is 1.23. The molecule has 0 saturated carbocycles. The van der Waals surface area contributed by atoms with E-state index in [9.17, 15) is 0 Å². The lowest BCUT2D eigenvalue weighted by Gasteiger charge is -2.11. The maximum atomic E-state index is 6.10. The largest absolute Gasteiger partial charge is 0.383 e. The highest BCUT2D eigenvalue weighted by atomic mass is 35.5. The minimum absolute atomic E-state index is 0.709. The fourth-order valence-corrected chi connectivity index (χ4v) is 2.91. The zero-order valence-electron chi connectivity index (χ0n) is 11.3. The molecule has 3 nitrogen and oxygen atoms in total. The van der Waals surface area contributed by atoms with Crippen LogP contribution in [0.15, 0.2) is 52.5 Å². The normalized spacial score (nSPS) is 10.7. The van der Waals surface area contributed by atoms with Crippen LogP contribution in [0.25, 0.3) is 0 Å². The van der Waals surface area contributed by atoms with Gasteiger partial charge in [0.2, 0.25) is 0 Å². The van der Waals surface area contributed by atoms with Crippen molar-refractivity contribution >= 4 is 23.4 Å². The maximum Gasteiger partial charge on any atom is 0.0587 e. The Morgan fingerprint density at radius 3 is 2.80 bits per heavy atom. The highest BCUT2D eigenvalue weighted by Gasteiger charge is 2.05. The molecule has 1 aromatic heterocycles. The molecule has 1 aromatic carbocycles. The number of nitrogens with one attached hydrogen (secondary N) is 1. The average molecular weight is 309 g/mol. The molecule has 0 radical (unpaired) electrons. The molecule has 0 aliphatic heterocycles. The number of hydrogen-bond acceptors (Lipinski definition) is 4. The summed E-state index contributed by atoms with van der Waals surface area (Å²) in [5, 5.41) is 4.11. The Kier molecular flexibility index (Phi) is 6.33. The van der Waals surface area contributed by atoms with Gasteiger partial charge < -0.3 is 10.1 Å². The lowest BCUT2D eigenvalue weighted by atomic mass is 10.2. The molecule has 5 heteroatoms. The van der Waals surface area contributed by atoms with Crippen LogP contribution in [-0.2, 0) is 11.3 Å². The summed E-state index contributed by atoms with van der Waals surface area (Å²) in [7, 11) is 1.70. The third-order valence-electron chi connectivity index (χ3n) is 2.71. The SMILES string of the molecule is COCCNCc1ccc(Cl)cc1Sc1ccncc1. The van der Waals surface area contributed by atoms with Crippen molar-refractivity contribution in [3.63, 3.8) is 0 Å². The van der Waals surface area contributed by atoms with Gasteiger partial charge in [-0.1, -0.05) is 29.4 Å². The zero-order valence-corrected chi connectivity index (χ0v) is 12.9. The molecule has 0 aliphatic carbocycles. The average Bonchev–Trinajstić information content (AvgIpc) is 2.47. The maximum absolute atomic E-state index is 6.10. The summed E-state index contributed by atoms with van der Waals surface area (Å²) in [6.45, 7) is 2.34. The number of rotatable bonds is 7. The highest BCUT2D eigenvalue weighted by molar-refractivity contribution is 7.99. The van der Waals surface area contributed by atoms with E-state index >= 15 is 0 Å². The second-order valence-electron chi connectivity index (χ2n) is 4.21. The number of ether oxygens (including phenoxy) is 1. The zero-order chi connectivity index (χ0) is 14.2. The van der Waals surface area contributed by atoms with Crippen molar-refractivity contribution in [3.05, 3.63) is 53.3 Å². The van der Waals surface area contributed by atoms with Crippen molar-refractivity contribution < 1.29 is 4.74 Å². The van der Waals surface area contributed by atoms with Crippen molar-refractivity contribution in [1.29, 1.82) is 0 Å². The third-order valence-corrected chi connectivity index (χ3v) is 4.05. The second-order valence-corrected chi connectivity index (χ2v) is 5.76.